The lowest BCUT2D eigenvalue weighted by molar-refractivity contribution is -0.146. The highest BCUT2D eigenvalue weighted by atomic mass is 35.5. The van der Waals surface area contributed by atoms with Crippen molar-refractivity contribution in [1.82, 2.24) is 5.32 Å². The lowest BCUT2D eigenvalue weighted by Gasteiger charge is -2.20. The van der Waals surface area contributed by atoms with Gasteiger partial charge < -0.3 is 10.4 Å². The van der Waals surface area contributed by atoms with E-state index in [1.54, 1.807) is 6.07 Å². The Hall–Kier alpha value is -1.55. The number of carboxylic acid groups (broad SMARTS) is 1. The summed E-state index contributed by atoms with van der Waals surface area (Å²) in [4.78, 5) is 23.7. The van der Waals surface area contributed by atoms with Crippen LogP contribution >= 0.6 is 11.6 Å². The number of amides is 1. The smallest absolute Gasteiger partial charge is 0.307 e. The van der Waals surface area contributed by atoms with Crippen LogP contribution in [0.4, 0.5) is 0 Å². The van der Waals surface area contributed by atoms with Gasteiger partial charge in [-0.1, -0.05) is 36.7 Å². The molecule has 1 aromatic carbocycles. The van der Waals surface area contributed by atoms with Crippen LogP contribution in [0, 0.1) is 17.8 Å². The Morgan fingerprint density at radius 3 is 2.52 bits per heavy atom. The first-order valence-corrected chi connectivity index (χ1v) is 7.55. The molecule has 0 heterocycles. The summed E-state index contributed by atoms with van der Waals surface area (Å²) in [7, 11) is 0. The van der Waals surface area contributed by atoms with Crippen molar-refractivity contribution in [2.75, 3.05) is 0 Å². The molecule has 2 rings (SSSR count). The van der Waals surface area contributed by atoms with E-state index in [-0.39, 0.29) is 17.9 Å². The van der Waals surface area contributed by atoms with Gasteiger partial charge in [0.2, 0.25) is 5.91 Å². The first kappa shape index (κ1) is 15.8. The summed E-state index contributed by atoms with van der Waals surface area (Å²) >= 11 is 6.12. The van der Waals surface area contributed by atoms with E-state index in [0.29, 0.717) is 17.9 Å². The van der Waals surface area contributed by atoms with Crippen molar-refractivity contribution in [3.63, 3.8) is 0 Å². The molecule has 2 N–H and O–H groups in total. The van der Waals surface area contributed by atoms with Crippen LogP contribution in [0.5, 0.6) is 0 Å². The van der Waals surface area contributed by atoms with Crippen LogP contribution in [0.3, 0.4) is 0 Å². The molecule has 21 heavy (non-hydrogen) atoms. The van der Waals surface area contributed by atoms with Gasteiger partial charge in [0.15, 0.2) is 0 Å². The number of halogens is 1. The number of carbonyl (C=O) groups is 2. The minimum absolute atomic E-state index is 0.195. The molecule has 0 radical (unpaired) electrons. The molecule has 5 heteroatoms. The maximum absolute atomic E-state index is 12.4. The summed E-state index contributed by atoms with van der Waals surface area (Å²) in [6.45, 7) is 3.84. The molecule has 1 aromatic rings. The molecule has 1 amide bonds. The van der Waals surface area contributed by atoms with Gasteiger partial charge in [-0.3, -0.25) is 9.59 Å². The molecule has 4 nitrogen and oxygen atoms in total. The molecule has 1 aliphatic carbocycles. The van der Waals surface area contributed by atoms with Gasteiger partial charge in [-0.05, 0) is 37.3 Å². The number of carboxylic acids is 1. The average molecular weight is 310 g/mol. The van der Waals surface area contributed by atoms with E-state index in [4.69, 9.17) is 11.6 Å². The topological polar surface area (TPSA) is 66.4 Å². The van der Waals surface area contributed by atoms with Gasteiger partial charge in [0.1, 0.15) is 0 Å². The SMILES string of the molecule is CC1CC(C(=O)O)C(C(=O)NC(C)c2ccccc2Cl)C1. The lowest BCUT2D eigenvalue weighted by atomic mass is 9.94. The molecular formula is C16H20ClNO3. The van der Waals surface area contributed by atoms with Crippen LogP contribution in [-0.2, 0) is 9.59 Å². The summed E-state index contributed by atoms with van der Waals surface area (Å²) in [5, 5.41) is 12.7. The predicted molar refractivity (Wildman–Crippen MR) is 81.0 cm³/mol. The number of nitrogens with one attached hydrogen (secondary N) is 1. The van der Waals surface area contributed by atoms with Crippen LogP contribution in [0.15, 0.2) is 24.3 Å². The minimum Gasteiger partial charge on any atom is -0.481 e. The van der Waals surface area contributed by atoms with Crippen molar-refractivity contribution in [2.24, 2.45) is 17.8 Å². The summed E-state index contributed by atoms with van der Waals surface area (Å²) in [5.74, 6) is -1.86. The zero-order valence-corrected chi connectivity index (χ0v) is 12.9. The summed E-state index contributed by atoms with van der Waals surface area (Å²) in [6, 6.07) is 7.09. The first-order valence-electron chi connectivity index (χ1n) is 7.17. The standard InChI is InChI=1S/C16H20ClNO3/c1-9-7-12(13(8-9)16(20)21)15(19)18-10(2)11-5-3-4-6-14(11)17/h3-6,9-10,12-13H,7-8H2,1-2H3,(H,18,19)(H,20,21). The molecule has 4 atom stereocenters. The monoisotopic (exact) mass is 309 g/mol. The lowest BCUT2D eigenvalue weighted by Crippen LogP contribution is -2.36. The van der Waals surface area contributed by atoms with Crippen LogP contribution in [0.1, 0.15) is 38.3 Å². The molecule has 1 fully saturated rings. The van der Waals surface area contributed by atoms with Crippen molar-refractivity contribution in [1.29, 1.82) is 0 Å². The fraction of sp³-hybridized carbons (Fsp3) is 0.500. The predicted octanol–water partition coefficient (Wildman–Crippen LogP) is 3.26. The Kier molecular flexibility index (Phi) is 4.88. The highest BCUT2D eigenvalue weighted by Gasteiger charge is 2.41. The van der Waals surface area contributed by atoms with Crippen LogP contribution < -0.4 is 5.32 Å². The maximum Gasteiger partial charge on any atom is 0.307 e. The van der Waals surface area contributed by atoms with Crippen molar-refractivity contribution < 1.29 is 14.7 Å². The second kappa shape index (κ2) is 6.48. The van der Waals surface area contributed by atoms with Crippen LogP contribution in [0.2, 0.25) is 5.02 Å². The van der Waals surface area contributed by atoms with Gasteiger partial charge in [0.05, 0.1) is 17.9 Å². The van der Waals surface area contributed by atoms with Crippen molar-refractivity contribution >= 4 is 23.5 Å². The van der Waals surface area contributed by atoms with Crippen LogP contribution in [-0.4, -0.2) is 17.0 Å². The van der Waals surface area contributed by atoms with Gasteiger partial charge in [-0.2, -0.15) is 0 Å². The number of carbonyl (C=O) groups excluding carboxylic acids is 1. The molecular weight excluding hydrogens is 290 g/mol. The molecule has 0 bridgehead atoms. The van der Waals surface area contributed by atoms with E-state index in [9.17, 15) is 14.7 Å². The Bertz CT molecular complexity index is 546. The number of rotatable bonds is 4. The zero-order chi connectivity index (χ0) is 15.6. The first-order chi connectivity index (χ1) is 9.90. The van der Waals surface area contributed by atoms with Gasteiger partial charge in [-0.25, -0.2) is 0 Å². The molecule has 0 saturated heterocycles. The van der Waals surface area contributed by atoms with Gasteiger partial charge in [-0.15, -0.1) is 0 Å². The number of hydrogen-bond acceptors (Lipinski definition) is 2. The molecule has 1 aliphatic rings. The van der Waals surface area contributed by atoms with E-state index in [1.807, 2.05) is 32.0 Å². The minimum atomic E-state index is -0.884. The third kappa shape index (κ3) is 3.56. The van der Waals surface area contributed by atoms with E-state index >= 15 is 0 Å². The normalized spacial score (nSPS) is 26.3. The van der Waals surface area contributed by atoms with Crippen molar-refractivity contribution in [3.05, 3.63) is 34.9 Å². The Morgan fingerprint density at radius 2 is 1.90 bits per heavy atom. The Labute approximate surface area is 129 Å². The molecule has 0 aromatic heterocycles. The third-order valence-electron chi connectivity index (χ3n) is 4.18. The van der Waals surface area contributed by atoms with E-state index in [2.05, 4.69) is 5.32 Å². The van der Waals surface area contributed by atoms with Crippen molar-refractivity contribution in [2.45, 2.75) is 32.7 Å². The second-order valence-corrected chi connectivity index (χ2v) is 6.29. The van der Waals surface area contributed by atoms with Gasteiger partial charge in [0, 0.05) is 5.02 Å². The number of hydrogen-bond donors (Lipinski definition) is 2. The van der Waals surface area contributed by atoms with E-state index in [0.717, 1.165) is 5.56 Å². The average Bonchev–Trinajstić information content (AvgIpc) is 2.81. The highest BCUT2D eigenvalue weighted by molar-refractivity contribution is 6.31. The largest absolute Gasteiger partial charge is 0.481 e. The molecule has 4 unspecified atom stereocenters. The summed E-state index contributed by atoms with van der Waals surface area (Å²) in [6.07, 6.45) is 1.19. The number of aliphatic carboxylic acids is 1. The maximum atomic E-state index is 12.4. The highest BCUT2D eigenvalue weighted by Crippen LogP contribution is 2.37. The fourth-order valence-electron chi connectivity index (χ4n) is 3.08. The zero-order valence-electron chi connectivity index (χ0n) is 12.2. The van der Waals surface area contributed by atoms with E-state index < -0.39 is 17.8 Å². The fourth-order valence-corrected chi connectivity index (χ4v) is 3.38. The summed E-state index contributed by atoms with van der Waals surface area (Å²) < 4.78 is 0. The van der Waals surface area contributed by atoms with Crippen molar-refractivity contribution in [3.8, 4) is 0 Å². The molecule has 0 aliphatic heterocycles. The molecule has 114 valence electrons. The quantitative estimate of drug-likeness (QED) is 0.897. The third-order valence-corrected chi connectivity index (χ3v) is 4.53. The van der Waals surface area contributed by atoms with Gasteiger partial charge >= 0.3 is 5.97 Å². The van der Waals surface area contributed by atoms with E-state index in [1.165, 1.54) is 0 Å². The Balaban J connectivity index is 2.07. The Morgan fingerprint density at radius 1 is 1.29 bits per heavy atom. The second-order valence-electron chi connectivity index (χ2n) is 5.88. The summed E-state index contributed by atoms with van der Waals surface area (Å²) in [5.41, 5.74) is 0.838. The van der Waals surface area contributed by atoms with Gasteiger partial charge in [0.25, 0.3) is 0 Å². The molecule has 1 saturated carbocycles. The number of benzene rings is 1. The molecule has 0 spiro atoms. The van der Waals surface area contributed by atoms with Crippen LogP contribution in [0.25, 0.3) is 0 Å².